The Morgan fingerprint density at radius 1 is 0.574 bits per heavy atom. The lowest BCUT2D eigenvalue weighted by molar-refractivity contribution is -0.150. The van der Waals surface area contributed by atoms with Gasteiger partial charge in [0.15, 0.2) is 11.6 Å². The number of hydrogen-bond donors (Lipinski definition) is 0. The first-order valence-corrected chi connectivity index (χ1v) is 19.3. The van der Waals surface area contributed by atoms with Gasteiger partial charge in [0.2, 0.25) is 0 Å². The highest BCUT2D eigenvalue weighted by molar-refractivity contribution is 6.46. The fourth-order valence-electron chi connectivity index (χ4n) is 6.48. The van der Waals surface area contributed by atoms with Crippen molar-refractivity contribution in [2.75, 3.05) is 0 Å². The number of carbonyl (C=O) groups is 4. The van der Waals surface area contributed by atoms with Crippen LogP contribution in [-0.2, 0) is 28.7 Å². The summed E-state index contributed by atoms with van der Waals surface area (Å²) in [5.41, 5.74) is 0.824. The van der Waals surface area contributed by atoms with E-state index in [1.54, 1.807) is 24.3 Å². The number of halogens is 8. The van der Waals surface area contributed by atoms with Crippen molar-refractivity contribution in [3.05, 3.63) is 69.8 Å². The number of fused-ring (bicyclic) bond motifs is 2. The van der Waals surface area contributed by atoms with Crippen LogP contribution in [0.3, 0.4) is 0 Å². The lowest BCUT2D eigenvalue weighted by Gasteiger charge is -2.18. The summed E-state index contributed by atoms with van der Waals surface area (Å²) in [5.74, 6) is -2.47. The van der Waals surface area contributed by atoms with Crippen molar-refractivity contribution >= 4 is 46.7 Å². The van der Waals surface area contributed by atoms with E-state index in [0.29, 0.717) is 49.7 Å². The minimum atomic E-state index is -4.29. The molecule has 4 atom stereocenters. The van der Waals surface area contributed by atoms with Crippen LogP contribution in [0.5, 0.6) is 0 Å². The lowest BCUT2D eigenvalue weighted by atomic mass is 9.95. The molecule has 0 saturated heterocycles. The predicted octanol–water partition coefficient (Wildman–Crippen LogP) is 11.6. The second-order valence-electron chi connectivity index (χ2n) is 13.8. The van der Waals surface area contributed by atoms with Gasteiger partial charge < -0.3 is 9.47 Å². The smallest absolute Gasteiger partial charge is 0.389 e. The number of esters is 2. The van der Waals surface area contributed by atoms with Crippen molar-refractivity contribution in [1.82, 2.24) is 0 Å². The Hall–Kier alpha value is -3.12. The first kappa shape index (κ1) is 45.3. The van der Waals surface area contributed by atoms with Gasteiger partial charge in [-0.1, -0.05) is 71.8 Å². The summed E-state index contributed by atoms with van der Waals surface area (Å²) < 4.78 is 87.7. The highest BCUT2D eigenvalue weighted by Crippen LogP contribution is 2.34. The molecule has 0 aromatic carbocycles. The van der Waals surface area contributed by atoms with Crippen LogP contribution in [0.15, 0.2) is 69.8 Å². The minimum absolute atomic E-state index is 0.0499. The molecule has 0 bridgehead atoms. The number of rotatable bonds is 8. The van der Waals surface area contributed by atoms with E-state index in [-0.39, 0.29) is 97.7 Å². The van der Waals surface area contributed by atoms with Gasteiger partial charge >= 0.3 is 24.3 Å². The number of cyclic esters (lactones) is 2. The van der Waals surface area contributed by atoms with Crippen molar-refractivity contribution in [1.29, 1.82) is 0 Å². The van der Waals surface area contributed by atoms with Crippen LogP contribution >= 0.6 is 23.2 Å². The van der Waals surface area contributed by atoms with E-state index in [0.717, 1.165) is 0 Å². The first-order chi connectivity index (χ1) is 25.5. The van der Waals surface area contributed by atoms with Gasteiger partial charge in [0.1, 0.15) is 12.2 Å². The molecular weight excluding hydrogens is 761 g/mol. The SMILES string of the molecule is O=C1CCC/C=C\C[C@H]2C=C(Cl)C(=O)/C2=C/C[C@H](CCCCC(F)(F)F)OC(=O)CCC/C=C\C[C@H]2C=C(Cl)C(=O)/C2=C/C[C@H](CCCCC(F)(F)F)O1. The van der Waals surface area contributed by atoms with Gasteiger partial charge in [-0.05, 0) is 77.0 Å². The Kier molecular flexibility index (Phi) is 18.8. The fraction of sp³-hybridized carbons (Fsp3) is 0.600. The summed E-state index contributed by atoms with van der Waals surface area (Å²) in [7, 11) is 0. The molecule has 3 aliphatic rings. The maximum Gasteiger partial charge on any atom is 0.389 e. The van der Waals surface area contributed by atoms with Gasteiger partial charge in [-0.25, -0.2) is 0 Å². The Balaban J connectivity index is 1.75. The summed E-state index contributed by atoms with van der Waals surface area (Å²) in [6, 6.07) is 0. The average molecular weight is 810 g/mol. The Morgan fingerprint density at radius 2 is 0.963 bits per heavy atom. The third kappa shape index (κ3) is 17.1. The molecule has 6 nitrogen and oxygen atoms in total. The van der Waals surface area contributed by atoms with Crippen LogP contribution < -0.4 is 0 Å². The molecule has 0 aromatic rings. The molecule has 1 heterocycles. The fourth-order valence-corrected chi connectivity index (χ4v) is 7.00. The van der Waals surface area contributed by atoms with Crippen molar-refractivity contribution in [2.45, 2.75) is 140 Å². The molecule has 2 aliphatic carbocycles. The van der Waals surface area contributed by atoms with Crippen LogP contribution in [0.2, 0.25) is 0 Å². The van der Waals surface area contributed by atoms with Crippen molar-refractivity contribution in [2.24, 2.45) is 11.8 Å². The van der Waals surface area contributed by atoms with Crippen LogP contribution in [0.1, 0.15) is 116 Å². The first-order valence-electron chi connectivity index (χ1n) is 18.6. The lowest BCUT2D eigenvalue weighted by Crippen LogP contribution is -2.19. The van der Waals surface area contributed by atoms with Crippen molar-refractivity contribution in [3.63, 3.8) is 0 Å². The second kappa shape index (κ2) is 22.4. The zero-order valence-electron chi connectivity index (χ0n) is 30.1. The zero-order valence-corrected chi connectivity index (χ0v) is 31.6. The molecule has 54 heavy (non-hydrogen) atoms. The summed E-state index contributed by atoms with van der Waals surface area (Å²) in [6.45, 7) is 0. The molecule has 3 rings (SSSR count). The number of ketones is 2. The normalized spacial score (nSPS) is 28.0. The second-order valence-corrected chi connectivity index (χ2v) is 14.6. The topological polar surface area (TPSA) is 86.7 Å². The standard InChI is InChI=1S/C40H48Cl2F6O6/c41-33-25-27-13-5-1-3-7-17-35(49)53-29(15-9-11-23-39(43,44)45)20-22-32-28(26-34(42)38(32)52)14-6-2-4-8-18-36(50)54-30(19-21-31(27)37(33)51)16-10-12-24-40(46,47)48/h1-2,5-6,21-22,25-30H,3-4,7-20,23-24H2/b5-1-,6-2-,31-21+,32-22+/t27-,28-,29-,30-/m0/s1. The summed E-state index contributed by atoms with van der Waals surface area (Å²) in [4.78, 5) is 51.3. The number of alkyl halides is 6. The van der Waals surface area contributed by atoms with Gasteiger partial charge in [-0.2, -0.15) is 26.3 Å². The van der Waals surface area contributed by atoms with E-state index < -0.39 is 49.3 Å². The largest absolute Gasteiger partial charge is 0.462 e. The number of Topliss-reactive ketones (excluding diaryl/α,β-unsaturated/α-hetero) is 2. The highest BCUT2D eigenvalue weighted by atomic mass is 35.5. The van der Waals surface area contributed by atoms with E-state index in [2.05, 4.69) is 0 Å². The molecule has 0 aromatic heterocycles. The molecule has 300 valence electrons. The molecule has 1 aliphatic heterocycles. The van der Waals surface area contributed by atoms with E-state index >= 15 is 0 Å². The van der Waals surface area contributed by atoms with E-state index in [1.165, 1.54) is 0 Å². The predicted molar refractivity (Wildman–Crippen MR) is 194 cm³/mol. The van der Waals surface area contributed by atoms with E-state index in [4.69, 9.17) is 32.7 Å². The molecule has 0 spiro atoms. The van der Waals surface area contributed by atoms with Crippen molar-refractivity contribution < 1.29 is 55.0 Å². The molecule has 0 fully saturated rings. The monoisotopic (exact) mass is 808 g/mol. The highest BCUT2D eigenvalue weighted by Gasteiger charge is 2.31. The molecule has 0 radical (unpaired) electrons. The Bertz CT molecular complexity index is 1380. The molecule has 0 unspecified atom stereocenters. The number of ether oxygens (including phenoxy) is 2. The van der Waals surface area contributed by atoms with Gasteiger partial charge in [0, 0.05) is 61.5 Å². The number of hydrogen-bond acceptors (Lipinski definition) is 6. The molecule has 0 N–H and O–H groups in total. The van der Waals surface area contributed by atoms with Gasteiger partial charge in [-0.15, -0.1) is 0 Å². The number of carbonyl (C=O) groups excluding carboxylic acids is 4. The number of unbranched alkanes of at least 4 members (excludes halogenated alkanes) is 2. The van der Waals surface area contributed by atoms with Crippen LogP contribution in [-0.4, -0.2) is 48.1 Å². The molecule has 14 heteroatoms. The third-order valence-corrected chi connectivity index (χ3v) is 9.93. The Morgan fingerprint density at radius 3 is 1.33 bits per heavy atom. The van der Waals surface area contributed by atoms with Crippen LogP contribution in [0.4, 0.5) is 26.3 Å². The maximum absolute atomic E-state index is 12.9. The van der Waals surface area contributed by atoms with E-state index in [1.807, 2.05) is 24.3 Å². The van der Waals surface area contributed by atoms with Crippen LogP contribution in [0, 0.1) is 11.8 Å². The van der Waals surface area contributed by atoms with Gasteiger partial charge in [-0.3, -0.25) is 19.2 Å². The third-order valence-electron chi connectivity index (χ3n) is 9.34. The summed E-state index contributed by atoms with van der Waals surface area (Å²) >= 11 is 12.4. The van der Waals surface area contributed by atoms with Gasteiger partial charge in [0.05, 0.1) is 10.1 Å². The quantitative estimate of drug-likeness (QED) is 0.105. The maximum atomic E-state index is 12.9. The molecule has 0 amide bonds. The average Bonchev–Trinajstić information content (AvgIpc) is 3.51. The minimum Gasteiger partial charge on any atom is -0.462 e. The van der Waals surface area contributed by atoms with Crippen molar-refractivity contribution in [3.8, 4) is 0 Å². The zero-order chi connectivity index (χ0) is 39.7. The number of allylic oxidation sites excluding steroid dienone is 10. The Labute approximate surface area is 322 Å². The summed E-state index contributed by atoms with van der Waals surface area (Å²) in [5, 5.41) is 0.0997. The molecular formula is C40H48Cl2F6O6. The van der Waals surface area contributed by atoms with Crippen LogP contribution in [0.25, 0.3) is 0 Å². The van der Waals surface area contributed by atoms with E-state index in [9.17, 15) is 45.5 Å². The van der Waals surface area contributed by atoms with Gasteiger partial charge in [0.25, 0.3) is 0 Å². The summed E-state index contributed by atoms with van der Waals surface area (Å²) in [6.07, 6.45) is 5.56. The molecule has 0 saturated carbocycles.